The van der Waals surface area contributed by atoms with Gasteiger partial charge in [-0.05, 0) is 42.6 Å². The topological polar surface area (TPSA) is 139 Å². The van der Waals surface area contributed by atoms with Crippen LogP contribution in [0.15, 0.2) is 59.5 Å². The van der Waals surface area contributed by atoms with E-state index in [1.54, 1.807) is 29.2 Å². The van der Waals surface area contributed by atoms with Gasteiger partial charge in [0, 0.05) is 26.1 Å². The van der Waals surface area contributed by atoms with Crippen LogP contribution in [0.1, 0.15) is 25.7 Å². The molecule has 0 radical (unpaired) electrons. The van der Waals surface area contributed by atoms with Crippen LogP contribution in [0.3, 0.4) is 0 Å². The smallest absolute Gasteiger partial charge is 0.240 e. The lowest BCUT2D eigenvalue weighted by Crippen LogP contribution is -2.43. The fourth-order valence-electron chi connectivity index (χ4n) is 4.51. The lowest BCUT2D eigenvalue weighted by atomic mass is 10.1. The van der Waals surface area contributed by atoms with E-state index in [2.05, 4.69) is 10.0 Å². The number of likely N-dealkylation sites (tertiary alicyclic amines) is 1. The third kappa shape index (κ3) is 6.87. The van der Waals surface area contributed by atoms with Gasteiger partial charge in [-0.3, -0.25) is 9.69 Å². The molecule has 0 aliphatic carbocycles. The molecule has 0 spiro atoms. The number of carbonyl (C=O) groups excluding carboxylic acids is 1. The number of amides is 1. The summed E-state index contributed by atoms with van der Waals surface area (Å²) < 4.78 is 27.8. The van der Waals surface area contributed by atoms with E-state index in [1.165, 1.54) is 7.05 Å². The Balaban J connectivity index is 1.46. The van der Waals surface area contributed by atoms with Crippen molar-refractivity contribution in [3.05, 3.63) is 54.6 Å². The van der Waals surface area contributed by atoms with Crippen molar-refractivity contribution in [2.24, 2.45) is 0 Å². The Morgan fingerprint density at radius 3 is 2.17 bits per heavy atom. The molecule has 35 heavy (non-hydrogen) atoms. The van der Waals surface area contributed by atoms with E-state index in [0.29, 0.717) is 25.8 Å². The van der Waals surface area contributed by atoms with Crippen LogP contribution in [0.4, 0.5) is 0 Å². The largest absolute Gasteiger partial charge is 0.395 e. The number of unbranched alkanes of at least 4 members (excludes halogenated alkanes) is 2. The molecular formula is C25H35N3O6S. The summed E-state index contributed by atoms with van der Waals surface area (Å²) in [6, 6.07) is 15.3. The highest BCUT2D eigenvalue weighted by Gasteiger charge is 2.47. The SMILES string of the molecule is CNC(=O)C[C@@H]1[C@H](O)[C@H](O)[C@@H](CO)N1CCCCCNS(=O)(=O)c1ccc(-c2ccccc2)cc1. The number of sulfonamides is 1. The van der Waals surface area contributed by atoms with Crippen molar-refractivity contribution in [1.29, 1.82) is 0 Å². The van der Waals surface area contributed by atoms with Crippen molar-refractivity contribution in [3.8, 4) is 11.1 Å². The van der Waals surface area contributed by atoms with E-state index in [1.807, 2.05) is 30.3 Å². The standard InChI is InChI=1S/C25H35N3O6S/c1-26-23(30)16-21-24(31)25(32)22(17-29)28(21)15-7-3-6-14-27-35(33,34)20-12-10-19(11-13-20)18-8-4-2-5-9-18/h2,4-5,8-13,21-22,24-25,27,29,31-32H,3,6-7,14-17H2,1H3,(H,26,30)/t21-,22-,24+,25-/m1/s1. The normalized spacial score (nSPS) is 22.9. The molecule has 192 valence electrons. The maximum absolute atomic E-state index is 12.6. The highest BCUT2D eigenvalue weighted by Crippen LogP contribution is 2.28. The van der Waals surface area contributed by atoms with Crippen LogP contribution in [-0.2, 0) is 14.8 Å². The zero-order valence-electron chi connectivity index (χ0n) is 19.9. The molecule has 0 aromatic heterocycles. The van der Waals surface area contributed by atoms with Gasteiger partial charge in [0.2, 0.25) is 15.9 Å². The molecular weight excluding hydrogens is 470 g/mol. The molecule has 2 aromatic carbocycles. The lowest BCUT2D eigenvalue weighted by molar-refractivity contribution is -0.122. The van der Waals surface area contributed by atoms with E-state index >= 15 is 0 Å². The molecule has 10 heteroatoms. The first kappa shape index (κ1) is 27.3. The van der Waals surface area contributed by atoms with Gasteiger partial charge >= 0.3 is 0 Å². The summed E-state index contributed by atoms with van der Waals surface area (Å²) in [6.45, 7) is 0.416. The third-order valence-electron chi connectivity index (χ3n) is 6.51. The van der Waals surface area contributed by atoms with Gasteiger partial charge in [0.25, 0.3) is 0 Å². The Kier molecular flexibility index (Phi) is 9.79. The molecule has 2 aromatic rings. The summed E-state index contributed by atoms with van der Waals surface area (Å²) in [4.78, 5) is 13.8. The summed E-state index contributed by atoms with van der Waals surface area (Å²) in [7, 11) is -2.11. The van der Waals surface area contributed by atoms with Crippen molar-refractivity contribution < 1.29 is 28.5 Å². The van der Waals surface area contributed by atoms with Crippen molar-refractivity contribution in [2.75, 3.05) is 26.7 Å². The summed E-state index contributed by atoms with van der Waals surface area (Å²) in [6.07, 6.45) is -0.270. The highest BCUT2D eigenvalue weighted by atomic mass is 32.2. The third-order valence-corrected chi connectivity index (χ3v) is 7.98. The first-order valence-corrected chi connectivity index (χ1v) is 13.3. The first-order chi connectivity index (χ1) is 16.8. The molecule has 0 unspecified atom stereocenters. The monoisotopic (exact) mass is 505 g/mol. The molecule has 0 saturated carbocycles. The molecule has 1 fully saturated rings. The molecule has 3 rings (SSSR count). The molecule has 9 nitrogen and oxygen atoms in total. The van der Waals surface area contributed by atoms with Crippen molar-refractivity contribution in [2.45, 2.75) is 54.9 Å². The van der Waals surface area contributed by atoms with Gasteiger partial charge in [-0.1, -0.05) is 48.9 Å². The van der Waals surface area contributed by atoms with Crippen LogP contribution in [0.2, 0.25) is 0 Å². The Hall–Kier alpha value is -2.34. The molecule has 5 N–H and O–H groups in total. The maximum Gasteiger partial charge on any atom is 0.240 e. The minimum atomic E-state index is -3.62. The number of aliphatic hydroxyl groups excluding tert-OH is 3. The lowest BCUT2D eigenvalue weighted by Gasteiger charge is -2.29. The zero-order chi connectivity index (χ0) is 25.4. The summed E-state index contributed by atoms with van der Waals surface area (Å²) in [5.74, 6) is -0.254. The quantitative estimate of drug-likeness (QED) is 0.268. The number of rotatable bonds is 12. The second-order valence-electron chi connectivity index (χ2n) is 8.76. The van der Waals surface area contributed by atoms with Crippen LogP contribution in [0.25, 0.3) is 11.1 Å². The van der Waals surface area contributed by atoms with Crippen LogP contribution < -0.4 is 10.0 Å². The Morgan fingerprint density at radius 2 is 1.54 bits per heavy atom. The van der Waals surface area contributed by atoms with Gasteiger partial charge in [0.1, 0.15) is 0 Å². The van der Waals surface area contributed by atoms with Gasteiger partial charge in [-0.2, -0.15) is 0 Å². The van der Waals surface area contributed by atoms with Crippen LogP contribution in [0.5, 0.6) is 0 Å². The first-order valence-electron chi connectivity index (χ1n) is 11.9. The van der Waals surface area contributed by atoms with Gasteiger partial charge in [-0.15, -0.1) is 0 Å². The summed E-state index contributed by atoms with van der Waals surface area (Å²) in [5, 5.41) is 32.8. The van der Waals surface area contributed by atoms with Crippen LogP contribution in [0, 0.1) is 0 Å². The van der Waals surface area contributed by atoms with Gasteiger partial charge in [0.05, 0.1) is 29.8 Å². The van der Waals surface area contributed by atoms with Gasteiger partial charge < -0.3 is 20.6 Å². The molecule has 4 atom stereocenters. The molecule has 1 heterocycles. The van der Waals surface area contributed by atoms with Crippen LogP contribution >= 0.6 is 0 Å². The second kappa shape index (κ2) is 12.6. The van der Waals surface area contributed by atoms with E-state index in [-0.39, 0.29) is 30.4 Å². The van der Waals surface area contributed by atoms with E-state index < -0.39 is 34.3 Å². The van der Waals surface area contributed by atoms with Crippen molar-refractivity contribution >= 4 is 15.9 Å². The number of hydrogen-bond donors (Lipinski definition) is 5. The number of aliphatic hydroxyl groups is 3. The Bertz CT molecular complexity index is 1050. The average Bonchev–Trinajstić information content (AvgIpc) is 3.10. The van der Waals surface area contributed by atoms with Gasteiger partial charge in [-0.25, -0.2) is 13.1 Å². The van der Waals surface area contributed by atoms with E-state index in [9.17, 15) is 28.5 Å². The predicted molar refractivity (Wildman–Crippen MR) is 133 cm³/mol. The maximum atomic E-state index is 12.6. The highest BCUT2D eigenvalue weighted by molar-refractivity contribution is 7.89. The van der Waals surface area contributed by atoms with Crippen LogP contribution in [-0.4, -0.2) is 85.6 Å². The molecule has 1 aliphatic heterocycles. The number of nitrogens with zero attached hydrogens (tertiary/aromatic N) is 1. The van der Waals surface area contributed by atoms with E-state index in [4.69, 9.17) is 0 Å². The molecule has 1 amide bonds. The minimum absolute atomic E-state index is 0.0219. The van der Waals surface area contributed by atoms with Crippen molar-refractivity contribution in [3.63, 3.8) is 0 Å². The minimum Gasteiger partial charge on any atom is -0.395 e. The molecule has 1 saturated heterocycles. The number of carbonyl (C=O) groups is 1. The van der Waals surface area contributed by atoms with E-state index in [0.717, 1.165) is 11.1 Å². The summed E-state index contributed by atoms with van der Waals surface area (Å²) in [5.41, 5.74) is 1.96. The van der Waals surface area contributed by atoms with Gasteiger partial charge in [0.15, 0.2) is 0 Å². The summed E-state index contributed by atoms with van der Waals surface area (Å²) >= 11 is 0. The zero-order valence-corrected chi connectivity index (χ0v) is 20.7. The Labute approximate surface area is 206 Å². The molecule has 0 bridgehead atoms. The Morgan fingerprint density at radius 1 is 0.914 bits per heavy atom. The second-order valence-corrected chi connectivity index (χ2v) is 10.5. The fourth-order valence-corrected chi connectivity index (χ4v) is 5.59. The predicted octanol–water partition coefficient (Wildman–Crippen LogP) is 0.705. The van der Waals surface area contributed by atoms with Crippen molar-refractivity contribution in [1.82, 2.24) is 14.9 Å². The average molecular weight is 506 g/mol. The fraction of sp³-hybridized carbons (Fsp3) is 0.480. The number of nitrogens with one attached hydrogen (secondary N) is 2. The number of hydrogen-bond acceptors (Lipinski definition) is 7. The number of benzene rings is 2. The molecule has 1 aliphatic rings.